The number of aliphatic hydroxyl groups is 1. The number of amides is 1. The lowest BCUT2D eigenvalue weighted by Gasteiger charge is -2.07. The zero-order valence-electron chi connectivity index (χ0n) is 11.9. The monoisotopic (exact) mass is 311 g/mol. The number of hydrogen-bond acceptors (Lipinski definition) is 4. The highest BCUT2D eigenvalue weighted by Crippen LogP contribution is 2.28. The van der Waals surface area contributed by atoms with Gasteiger partial charge in [-0.15, -0.1) is 11.3 Å². The third-order valence-corrected chi connectivity index (χ3v) is 4.94. The number of carbonyl (C=O) groups excluding carboxylic acids is 1. The molecule has 2 rings (SSSR count). The van der Waals surface area contributed by atoms with Crippen molar-refractivity contribution in [3.63, 3.8) is 0 Å². The fourth-order valence-corrected chi connectivity index (χ4v) is 3.66. The molecule has 1 amide bonds. The zero-order valence-corrected chi connectivity index (χ0v) is 12.7. The van der Waals surface area contributed by atoms with Crippen LogP contribution in [0.1, 0.15) is 52.2 Å². The molecule has 5 nitrogen and oxygen atoms in total. The number of carboxylic acids is 1. The van der Waals surface area contributed by atoms with Crippen molar-refractivity contribution in [3.05, 3.63) is 21.4 Å². The number of aryl methyl sites for hydroxylation is 2. The van der Waals surface area contributed by atoms with Crippen molar-refractivity contribution in [2.75, 3.05) is 6.54 Å². The molecule has 0 saturated heterocycles. The van der Waals surface area contributed by atoms with E-state index in [2.05, 4.69) is 5.32 Å². The minimum atomic E-state index is -1.42. The van der Waals surface area contributed by atoms with Gasteiger partial charge in [-0.2, -0.15) is 0 Å². The Morgan fingerprint density at radius 3 is 2.67 bits per heavy atom. The van der Waals surface area contributed by atoms with Crippen LogP contribution in [0.25, 0.3) is 0 Å². The van der Waals surface area contributed by atoms with Gasteiger partial charge in [0.05, 0.1) is 4.88 Å². The Labute approximate surface area is 128 Å². The first-order valence-electron chi connectivity index (χ1n) is 7.38. The molecule has 0 saturated carbocycles. The summed E-state index contributed by atoms with van der Waals surface area (Å²) in [5.74, 6) is -1.44. The zero-order chi connectivity index (χ0) is 15.2. The number of hydrogen-bond donors (Lipinski definition) is 3. The van der Waals surface area contributed by atoms with Gasteiger partial charge in [-0.3, -0.25) is 4.79 Å². The standard InChI is InChI=1S/C15H21NO4S/c17-11(15(19)20)7-8-16-14(18)13-9-10-5-3-1-2-4-6-12(10)21-13/h9,11,17H,1-8H2,(H,16,18)(H,19,20). The molecule has 1 unspecified atom stereocenters. The normalized spacial score (nSPS) is 16.4. The van der Waals surface area contributed by atoms with Crippen LogP contribution in [0.15, 0.2) is 6.07 Å². The second-order valence-corrected chi connectivity index (χ2v) is 6.51. The maximum atomic E-state index is 12.1. The van der Waals surface area contributed by atoms with E-state index in [9.17, 15) is 9.59 Å². The molecular weight excluding hydrogens is 290 g/mol. The van der Waals surface area contributed by atoms with Gasteiger partial charge in [0.2, 0.25) is 0 Å². The number of rotatable bonds is 5. The number of nitrogens with one attached hydrogen (secondary N) is 1. The van der Waals surface area contributed by atoms with Crippen LogP contribution in [-0.2, 0) is 17.6 Å². The van der Waals surface area contributed by atoms with Crippen molar-refractivity contribution in [3.8, 4) is 0 Å². The molecule has 0 aliphatic heterocycles. The minimum absolute atomic E-state index is 0.0200. The Hall–Kier alpha value is -1.40. The number of fused-ring (bicyclic) bond motifs is 1. The van der Waals surface area contributed by atoms with Gasteiger partial charge in [0.15, 0.2) is 6.10 Å². The fraction of sp³-hybridized carbons (Fsp3) is 0.600. The van der Waals surface area contributed by atoms with Crippen LogP contribution < -0.4 is 5.32 Å². The maximum absolute atomic E-state index is 12.1. The van der Waals surface area contributed by atoms with Crippen LogP contribution in [0.3, 0.4) is 0 Å². The molecule has 21 heavy (non-hydrogen) atoms. The summed E-state index contributed by atoms with van der Waals surface area (Å²) in [7, 11) is 0. The number of thiophene rings is 1. The summed E-state index contributed by atoms with van der Waals surface area (Å²) < 4.78 is 0. The molecule has 0 aromatic carbocycles. The summed E-state index contributed by atoms with van der Waals surface area (Å²) in [4.78, 5) is 24.5. The van der Waals surface area contributed by atoms with E-state index in [1.165, 1.54) is 36.1 Å². The highest BCUT2D eigenvalue weighted by molar-refractivity contribution is 7.14. The molecule has 0 fully saturated rings. The minimum Gasteiger partial charge on any atom is -0.479 e. The molecule has 1 heterocycles. The van der Waals surface area contributed by atoms with Crippen molar-refractivity contribution >= 4 is 23.2 Å². The van der Waals surface area contributed by atoms with Gasteiger partial charge in [-0.1, -0.05) is 12.8 Å². The van der Waals surface area contributed by atoms with Gasteiger partial charge in [-0.05, 0) is 37.3 Å². The van der Waals surface area contributed by atoms with Gasteiger partial charge in [0.1, 0.15) is 0 Å². The molecule has 3 N–H and O–H groups in total. The van der Waals surface area contributed by atoms with Gasteiger partial charge in [-0.25, -0.2) is 4.79 Å². The van der Waals surface area contributed by atoms with E-state index < -0.39 is 12.1 Å². The summed E-state index contributed by atoms with van der Waals surface area (Å²) in [6.45, 7) is 0.162. The van der Waals surface area contributed by atoms with Crippen molar-refractivity contribution < 1.29 is 19.8 Å². The van der Waals surface area contributed by atoms with Crippen LogP contribution in [-0.4, -0.2) is 34.7 Å². The van der Waals surface area contributed by atoms with Crippen molar-refractivity contribution in [2.45, 2.75) is 51.0 Å². The number of aliphatic hydroxyl groups excluding tert-OH is 1. The highest BCUT2D eigenvalue weighted by atomic mass is 32.1. The molecule has 1 aromatic heterocycles. The molecule has 0 bridgehead atoms. The molecule has 0 spiro atoms. The van der Waals surface area contributed by atoms with Crippen molar-refractivity contribution in [1.29, 1.82) is 0 Å². The summed E-state index contributed by atoms with van der Waals surface area (Å²) >= 11 is 1.54. The van der Waals surface area contributed by atoms with Crippen LogP contribution in [0.4, 0.5) is 0 Å². The van der Waals surface area contributed by atoms with E-state index in [-0.39, 0.29) is 18.9 Å². The van der Waals surface area contributed by atoms with Gasteiger partial charge >= 0.3 is 5.97 Å². The topological polar surface area (TPSA) is 86.6 Å². The lowest BCUT2D eigenvalue weighted by atomic mass is 10.00. The molecule has 6 heteroatoms. The van der Waals surface area contributed by atoms with E-state index in [1.54, 1.807) is 11.3 Å². The molecular formula is C15H21NO4S. The smallest absolute Gasteiger partial charge is 0.332 e. The summed E-state index contributed by atoms with van der Waals surface area (Å²) in [6.07, 6.45) is 5.55. The summed E-state index contributed by atoms with van der Waals surface area (Å²) in [5, 5.41) is 20.4. The Kier molecular flexibility index (Phi) is 5.76. The lowest BCUT2D eigenvalue weighted by molar-refractivity contribution is -0.146. The molecule has 1 aliphatic rings. The first-order chi connectivity index (χ1) is 10.1. The molecule has 1 atom stereocenters. The summed E-state index contributed by atoms with van der Waals surface area (Å²) in [5.41, 5.74) is 1.29. The highest BCUT2D eigenvalue weighted by Gasteiger charge is 2.17. The molecule has 1 aliphatic carbocycles. The predicted octanol–water partition coefficient (Wildman–Crippen LogP) is 1.97. The second kappa shape index (κ2) is 7.56. The first-order valence-corrected chi connectivity index (χ1v) is 8.20. The quantitative estimate of drug-likeness (QED) is 0.776. The average molecular weight is 311 g/mol. The van der Waals surface area contributed by atoms with Crippen molar-refractivity contribution in [1.82, 2.24) is 5.32 Å². The van der Waals surface area contributed by atoms with Crippen molar-refractivity contribution in [2.24, 2.45) is 0 Å². The van der Waals surface area contributed by atoms with Gasteiger partial charge < -0.3 is 15.5 Å². The second-order valence-electron chi connectivity index (χ2n) is 5.37. The van der Waals surface area contributed by atoms with Crippen LogP contribution in [0.5, 0.6) is 0 Å². The van der Waals surface area contributed by atoms with E-state index in [0.717, 1.165) is 12.8 Å². The largest absolute Gasteiger partial charge is 0.479 e. The molecule has 1 aromatic rings. The number of aliphatic carboxylic acids is 1. The van der Waals surface area contributed by atoms with E-state index >= 15 is 0 Å². The van der Waals surface area contributed by atoms with Gasteiger partial charge in [0.25, 0.3) is 5.91 Å². The molecule has 0 radical (unpaired) electrons. The van der Waals surface area contributed by atoms with E-state index in [4.69, 9.17) is 10.2 Å². The third-order valence-electron chi connectivity index (χ3n) is 3.71. The lowest BCUT2D eigenvalue weighted by Crippen LogP contribution is -2.29. The van der Waals surface area contributed by atoms with Crippen LogP contribution in [0, 0.1) is 0 Å². The fourth-order valence-electron chi connectivity index (χ4n) is 2.49. The third kappa shape index (κ3) is 4.54. The SMILES string of the molecule is O=C(NCCC(O)C(=O)O)c1cc2c(s1)CCCCCC2. The Bertz CT molecular complexity index is 486. The Balaban J connectivity index is 1.90. The average Bonchev–Trinajstić information content (AvgIpc) is 2.80. The van der Waals surface area contributed by atoms with Crippen LogP contribution >= 0.6 is 11.3 Å². The molecule has 116 valence electrons. The first kappa shape index (κ1) is 16.0. The Morgan fingerprint density at radius 1 is 1.24 bits per heavy atom. The Morgan fingerprint density at radius 2 is 1.95 bits per heavy atom. The number of carboxylic acid groups (broad SMARTS) is 1. The van der Waals surface area contributed by atoms with E-state index in [0.29, 0.717) is 4.88 Å². The van der Waals surface area contributed by atoms with Crippen LogP contribution in [0.2, 0.25) is 0 Å². The van der Waals surface area contributed by atoms with E-state index in [1.807, 2.05) is 6.07 Å². The number of carbonyl (C=O) groups is 2. The maximum Gasteiger partial charge on any atom is 0.332 e. The van der Waals surface area contributed by atoms with Gasteiger partial charge in [0, 0.05) is 17.8 Å². The predicted molar refractivity (Wildman–Crippen MR) is 80.8 cm³/mol. The summed E-state index contributed by atoms with van der Waals surface area (Å²) in [6, 6.07) is 1.97.